The number of hydrogen-bond acceptors (Lipinski definition) is 8. The lowest BCUT2D eigenvalue weighted by molar-refractivity contribution is -0.134. The van der Waals surface area contributed by atoms with Gasteiger partial charge < -0.3 is 38.1 Å². The second-order valence-electron chi connectivity index (χ2n) is 13.8. The summed E-state index contributed by atoms with van der Waals surface area (Å²) in [6.45, 7) is 3.50. The number of unbranched alkanes of at least 4 members (excludes halogenated alkanes) is 1. The van der Waals surface area contributed by atoms with E-state index >= 15 is 0 Å². The number of hydrogen-bond donors (Lipinski definition) is 7. The molecule has 10 N–H and O–H groups in total. The number of nitrogens with zero attached hydrogens (tertiary/aromatic N) is 1. The fourth-order valence-electron chi connectivity index (χ4n) is 5.89. The number of Topliss-reactive ketones (excluding diaryl/α,β-unsaturated/α-hetero) is 1. The highest BCUT2D eigenvalue weighted by Gasteiger charge is 2.33. The first-order valence-corrected chi connectivity index (χ1v) is 17.6. The van der Waals surface area contributed by atoms with Gasteiger partial charge in [-0.05, 0) is 61.6 Å². The Labute approximate surface area is 303 Å². The van der Waals surface area contributed by atoms with Crippen molar-refractivity contribution in [2.24, 2.45) is 23.1 Å². The minimum atomic E-state index is -1.29. The van der Waals surface area contributed by atoms with E-state index in [0.717, 1.165) is 21.9 Å². The highest BCUT2D eigenvalue weighted by atomic mass is 16.2. The zero-order chi connectivity index (χ0) is 37.7. The number of carbonyl (C=O) groups excluding carboxylic acids is 5. The van der Waals surface area contributed by atoms with Gasteiger partial charge in [-0.3, -0.25) is 24.0 Å². The van der Waals surface area contributed by atoms with Gasteiger partial charge in [0.25, 0.3) is 0 Å². The molecule has 52 heavy (non-hydrogen) atoms. The number of imidazole rings is 1. The molecule has 0 bridgehead atoms. The third-order valence-corrected chi connectivity index (χ3v) is 8.92. The summed E-state index contributed by atoms with van der Waals surface area (Å²) in [5.41, 5.74) is 18.2. The Balaban J connectivity index is 1.65. The molecule has 0 aliphatic rings. The molecule has 0 saturated heterocycles. The fourth-order valence-corrected chi connectivity index (χ4v) is 5.89. The van der Waals surface area contributed by atoms with Crippen molar-refractivity contribution >= 4 is 40.2 Å². The summed E-state index contributed by atoms with van der Waals surface area (Å²) >= 11 is 0. The first kappa shape index (κ1) is 39.4. The minimum Gasteiger partial charge on any atom is -0.369 e. The van der Waals surface area contributed by atoms with Crippen LogP contribution in [0.15, 0.2) is 85.3 Å². The number of H-pyrrole nitrogens is 1. The third kappa shape index (κ3) is 11.8. The van der Waals surface area contributed by atoms with Crippen LogP contribution in [0.5, 0.6) is 0 Å². The SMILES string of the molecule is CC(C)(N)C(=O)NC(Cc1cnc[nH]1)C(=O)NC(Cc1ccc2ccccc2c1)C(=O)N[C@H](Cc1ccccc1)C(=O)C[C@@H](CCCCN)C(N)=O. The van der Waals surface area contributed by atoms with Gasteiger partial charge in [0.15, 0.2) is 5.78 Å². The van der Waals surface area contributed by atoms with Crippen LogP contribution in [-0.4, -0.2) is 69.6 Å². The molecule has 4 rings (SSSR count). The van der Waals surface area contributed by atoms with E-state index in [2.05, 4.69) is 25.9 Å². The zero-order valence-corrected chi connectivity index (χ0v) is 29.8. The van der Waals surface area contributed by atoms with Crippen molar-refractivity contribution in [2.45, 2.75) is 82.5 Å². The van der Waals surface area contributed by atoms with Gasteiger partial charge >= 0.3 is 0 Å². The first-order valence-electron chi connectivity index (χ1n) is 17.6. The molecule has 13 heteroatoms. The number of amides is 4. The van der Waals surface area contributed by atoms with Crippen molar-refractivity contribution in [2.75, 3.05) is 6.54 Å². The molecular formula is C39H50N8O5. The molecule has 4 aromatic rings. The second-order valence-corrected chi connectivity index (χ2v) is 13.8. The number of fused-ring (bicyclic) bond motifs is 1. The molecule has 1 aromatic heterocycles. The number of carbonyl (C=O) groups is 5. The molecule has 0 aliphatic heterocycles. The largest absolute Gasteiger partial charge is 0.369 e. The Morgan fingerprint density at radius 3 is 2.04 bits per heavy atom. The summed E-state index contributed by atoms with van der Waals surface area (Å²) in [6, 6.07) is 19.4. The molecule has 0 radical (unpaired) electrons. The standard InChI is InChI=1S/C39H50N8O5/c1-39(2,42)38(52)47-33(22-30-23-43-24-44-30)37(51)46-32(20-26-15-16-27-12-6-7-13-28(27)18-26)36(50)45-31(19-25-10-4-3-5-11-25)34(48)21-29(35(41)49)14-8-9-17-40/h3-7,10-13,15-16,18,23-24,29,31-33H,8-9,14,17,19-22,40,42H2,1-2H3,(H2,41,49)(H,43,44)(H,45,50)(H,46,51)(H,47,52)/t29-,31-,32?,33?/m1/s1. The Kier molecular flexibility index (Phi) is 14.2. The van der Waals surface area contributed by atoms with Crippen LogP contribution in [0.2, 0.25) is 0 Å². The molecule has 3 aromatic carbocycles. The van der Waals surface area contributed by atoms with Crippen molar-refractivity contribution in [3.05, 3.63) is 102 Å². The van der Waals surface area contributed by atoms with E-state index in [9.17, 15) is 24.0 Å². The quantitative estimate of drug-likeness (QED) is 0.0670. The molecule has 4 amide bonds. The van der Waals surface area contributed by atoms with E-state index in [4.69, 9.17) is 17.2 Å². The molecule has 0 spiro atoms. The lowest BCUT2D eigenvalue weighted by Gasteiger charge is -2.27. The number of aromatic amines is 1. The molecule has 276 valence electrons. The van der Waals surface area contributed by atoms with Gasteiger partial charge in [0.05, 0.1) is 17.9 Å². The third-order valence-electron chi connectivity index (χ3n) is 8.92. The smallest absolute Gasteiger partial charge is 0.243 e. The Bertz CT molecular complexity index is 1810. The van der Waals surface area contributed by atoms with Gasteiger partial charge in [0.2, 0.25) is 23.6 Å². The van der Waals surface area contributed by atoms with Crippen LogP contribution in [0.3, 0.4) is 0 Å². The van der Waals surface area contributed by atoms with Crippen LogP contribution in [0, 0.1) is 5.92 Å². The minimum absolute atomic E-state index is 0.0474. The van der Waals surface area contributed by atoms with Gasteiger partial charge in [-0.1, -0.05) is 79.2 Å². The summed E-state index contributed by atoms with van der Waals surface area (Å²) in [4.78, 5) is 74.4. The summed E-state index contributed by atoms with van der Waals surface area (Å²) in [6.07, 6.45) is 4.82. The molecule has 4 atom stereocenters. The normalized spacial score (nSPS) is 13.8. The number of ketones is 1. The van der Waals surface area contributed by atoms with Gasteiger partial charge in [-0.2, -0.15) is 0 Å². The van der Waals surface area contributed by atoms with Crippen LogP contribution >= 0.6 is 0 Å². The Morgan fingerprint density at radius 2 is 1.40 bits per heavy atom. The molecule has 0 fully saturated rings. The van der Waals surface area contributed by atoms with Crippen LogP contribution in [0.4, 0.5) is 0 Å². The summed E-state index contributed by atoms with van der Waals surface area (Å²) in [5, 5.41) is 10.4. The van der Waals surface area contributed by atoms with E-state index in [1.807, 2.05) is 72.8 Å². The van der Waals surface area contributed by atoms with Crippen molar-refractivity contribution in [1.29, 1.82) is 0 Å². The average Bonchev–Trinajstić information content (AvgIpc) is 3.63. The van der Waals surface area contributed by atoms with Gasteiger partial charge in [0, 0.05) is 37.1 Å². The van der Waals surface area contributed by atoms with Crippen molar-refractivity contribution in [3.63, 3.8) is 0 Å². The lowest BCUT2D eigenvalue weighted by Crippen LogP contribution is -2.60. The number of rotatable bonds is 20. The Morgan fingerprint density at radius 1 is 0.769 bits per heavy atom. The maximum atomic E-state index is 14.3. The summed E-state index contributed by atoms with van der Waals surface area (Å²) < 4.78 is 0. The van der Waals surface area contributed by atoms with Crippen LogP contribution < -0.4 is 33.2 Å². The van der Waals surface area contributed by atoms with Crippen molar-refractivity contribution in [3.8, 4) is 0 Å². The predicted molar refractivity (Wildman–Crippen MR) is 199 cm³/mol. The van der Waals surface area contributed by atoms with Crippen molar-refractivity contribution < 1.29 is 24.0 Å². The topological polar surface area (TPSA) is 228 Å². The van der Waals surface area contributed by atoms with Gasteiger partial charge in [0.1, 0.15) is 12.1 Å². The lowest BCUT2D eigenvalue weighted by atomic mass is 9.90. The van der Waals surface area contributed by atoms with Crippen LogP contribution in [0.1, 0.15) is 56.4 Å². The monoisotopic (exact) mass is 710 g/mol. The number of benzene rings is 3. The number of primary amides is 1. The summed E-state index contributed by atoms with van der Waals surface area (Å²) in [5.74, 6) is -3.48. The van der Waals surface area contributed by atoms with E-state index in [-0.39, 0.29) is 31.5 Å². The highest BCUT2D eigenvalue weighted by Crippen LogP contribution is 2.19. The molecule has 0 aliphatic carbocycles. The van der Waals surface area contributed by atoms with Crippen molar-refractivity contribution in [1.82, 2.24) is 25.9 Å². The van der Waals surface area contributed by atoms with E-state index in [0.29, 0.717) is 31.5 Å². The summed E-state index contributed by atoms with van der Waals surface area (Å²) in [7, 11) is 0. The van der Waals surface area contributed by atoms with Gasteiger partial charge in [-0.15, -0.1) is 0 Å². The molecule has 0 saturated carbocycles. The van der Waals surface area contributed by atoms with E-state index in [1.54, 1.807) is 0 Å². The van der Waals surface area contributed by atoms with Crippen LogP contribution in [-0.2, 0) is 43.2 Å². The second kappa shape index (κ2) is 18.7. The predicted octanol–water partition coefficient (Wildman–Crippen LogP) is 1.97. The molecular weight excluding hydrogens is 660 g/mol. The zero-order valence-electron chi connectivity index (χ0n) is 29.8. The molecule has 2 unspecified atom stereocenters. The maximum Gasteiger partial charge on any atom is 0.243 e. The van der Waals surface area contributed by atoms with Crippen LogP contribution in [0.25, 0.3) is 10.8 Å². The highest BCUT2D eigenvalue weighted by molar-refractivity contribution is 5.97. The van der Waals surface area contributed by atoms with E-state index in [1.165, 1.54) is 26.4 Å². The van der Waals surface area contributed by atoms with Gasteiger partial charge in [-0.25, -0.2) is 4.98 Å². The number of nitrogens with one attached hydrogen (secondary N) is 4. The van der Waals surface area contributed by atoms with E-state index < -0.39 is 53.2 Å². The molecule has 13 nitrogen and oxygen atoms in total. The average molecular weight is 711 g/mol. The first-order chi connectivity index (χ1) is 24.8. The number of nitrogens with two attached hydrogens (primary N) is 3. The number of aromatic nitrogens is 2. The Hall–Kier alpha value is -5.40. The fraction of sp³-hybridized carbons (Fsp3) is 0.385. The molecule has 1 heterocycles. The maximum absolute atomic E-state index is 14.3.